The molecule has 2 N–H and O–H groups in total. The molecule has 0 amide bonds. The number of nitrogens with zero attached hydrogens (tertiary/aromatic N) is 2. The Balaban J connectivity index is 0.00000176. The van der Waals surface area contributed by atoms with Crippen LogP contribution in [0.4, 0.5) is 4.39 Å². The molecule has 1 aromatic rings. The second kappa shape index (κ2) is 8.05. The normalized spacial score (nSPS) is 26.6. The molecule has 3 unspecified atom stereocenters. The van der Waals surface area contributed by atoms with Gasteiger partial charge in [-0.05, 0) is 38.3 Å². The van der Waals surface area contributed by atoms with Gasteiger partial charge in [0.05, 0.1) is 30.5 Å². The summed E-state index contributed by atoms with van der Waals surface area (Å²) in [6, 6.07) is 3.29. The highest BCUT2D eigenvalue weighted by Crippen LogP contribution is 2.34. The van der Waals surface area contributed by atoms with Gasteiger partial charge in [-0.1, -0.05) is 0 Å². The van der Waals surface area contributed by atoms with Crippen LogP contribution in [-0.4, -0.2) is 35.7 Å². The third-order valence-corrected chi connectivity index (χ3v) is 3.99. The molecule has 2 bridgehead atoms. The van der Waals surface area contributed by atoms with Gasteiger partial charge in [-0.2, -0.15) is 0 Å². The van der Waals surface area contributed by atoms with Crippen molar-refractivity contribution in [2.24, 2.45) is 4.99 Å². The summed E-state index contributed by atoms with van der Waals surface area (Å²) in [5.74, 6) is 0.379. The van der Waals surface area contributed by atoms with Crippen LogP contribution >= 0.6 is 24.0 Å². The Kier molecular flexibility index (Phi) is 6.37. The predicted molar refractivity (Wildman–Crippen MR) is 93.9 cm³/mol. The molecule has 0 saturated carbocycles. The van der Waals surface area contributed by atoms with E-state index < -0.39 is 0 Å². The molecule has 2 aliphatic heterocycles. The Hall–Kier alpha value is -0.960. The Morgan fingerprint density at radius 1 is 1.50 bits per heavy atom. The molecule has 0 aromatic carbocycles. The second-order valence-electron chi connectivity index (χ2n) is 5.49. The monoisotopic (exact) mass is 420 g/mol. The first-order valence-electron chi connectivity index (χ1n) is 7.56. The van der Waals surface area contributed by atoms with Crippen LogP contribution in [-0.2, 0) is 11.3 Å². The molecule has 0 spiro atoms. The van der Waals surface area contributed by atoms with E-state index in [2.05, 4.69) is 20.6 Å². The van der Waals surface area contributed by atoms with Crippen LogP contribution in [0.2, 0.25) is 0 Å². The average molecular weight is 420 g/mol. The van der Waals surface area contributed by atoms with Gasteiger partial charge in [0.15, 0.2) is 5.96 Å². The van der Waals surface area contributed by atoms with Crippen LogP contribution in [0.25, 0.3) is 0 Å². The summed E-state index contributed by atoms with van der Waals surface area (Å²) in [5.41, 5.74) is 0.360. The molecular weight excluding hydrogens is 398 g/mol. The van der Waals surface area contributed by atoms with Crippen molar-refractivity contribution in [1.82, 2.24) is 15.6 Å². The zero-order valence-electron chi connectivity index (χ0n) is 12.6. The van der Waals surface area contributed by atoms with Crippen LogP contribution in [0.5, 0.6) is 0 Å². The van der Waals surface area contributed by atoms with E-state index in [0.29, 0.717) is 23.8 Å². The quantitative estimate of drug-likeness (QED) is 0.446. The number of aliphatic imine (C=N–C) groups is 1. The molecular formula is C15H22FIN4O. The Morgan fingerprint density at radius 3 is 3.00 bits per heavy atom. The van der Waals surface area contributed by atoms with Gasteiger partial charge in [0.2, 0.25) is 0 Å². The zero-order valence-corrected chi connectivity index (χ0v) is 14.9. The van der Waals surface area contributed by atoms with Gasteiger partial charge in [-0.25, -0.2) is 9.38 Å². The first-order valence-corrected chi connectivity index (χ1v) is 7.56. The van der Waals surface area contributed by atoms with Gasteiger partial charge >= 0.3 is 0 Å². The maximum absolute atomic E-state index is 13.6. The number of ether oxygens (including phenoxy) is 1. The topological polar surface area (TPSA) is 58.5 Å². The van der Waals surface area contributed by atoms with Gasteiger partial charge in [0, 0.05) is 12.7 Å². The van der Waals surface area contributed by atoms with E-state index in [0.717, 1.165) is 25.8 Å². The predicted octanol–water partition coefficient (Wildman–Crippen LogP) is 2.21. The van der Waals surface area contributed by atoms with E-state index in [1.54, 1.807) is 12.3 Å². The van der Waals surface area contributed by atoms with Gasteiger partial charge in [0.25, 0.3) is 0 Å². The van der Waals surface area contributed by atoms with Gasteiger partial charge in [0.1, 0.15) is 5.82 Å². The van der Waals surface area contributed by atoms with Crippen molar-refractivity contribution in [2.45, 2.75) is 51.0 Å². The lowest BCUT2D eigenvalue weighted by molar-refractivity contribution is 0.0992. The molecule has 2 saturated heterocycles. The smallest absolute Gasteiger partial charge is 0.191 e. The van der Waals surface area contributed by atoms with E-state index in [1.165, 1.54) is 6.07 Å². The largest absolute Gasteiger partial charge is 0.373 e. The van der Waals surface area contributed by atoms with Crippen molar-refractivity contribution >= 4 is 29.9 Å². The average Bonchev–Trinajstić information content (AvgIpc) is 3.09. The number of hydrogen-bond acceptors (Lipinski definition) is 3. The summed E-state index contributed by atoms with van der Waals surface area (Å²) in [4.78, 5) is 8.45. The molecule has 22 heavy (non-hydrogen) atoms. The lowest BCUT2D eigenvalue weighted by atomic mass is 9.96. The fourth-order valence-corrected chi connectivity index (χ4v) is 2.97. The fraction of sp³-hybridized carbons (Fsp3) is 0.600. The minimum atomic E-state index is -0.319. The van der Waals surface area contributed by atoms with Crippen molar-refractivity contribution in [1.29, 1.82) is 0 Å². The van der Waals surface area contributed by atoms with Crippen LogP contribution in [0.1, 0.15) is 31.9 Å². The number of halogens is 2. The summed E-state index contributed by atoms with van der Waals surface area (Å²) in [7, 11) is 0. The minimum absolute atomic E-state index is 0. The molecule has 5 nitrogen and oxygen atoms in total. The number of fused-ring (bicyclic) bond motifs is 2. The molecule has 122 valence electrons. The summed E-state index contributed by atoms with van der Waals surface area (Å²) < 4.78 is 19.4. The maximum atomic E-state index is 13.6. The molecule has 3 rings (SSSR count). The second-order valence-corrected chi connectivity index (χ2v) is 5.49. The lowest BCUT2D eigenvalue weighted by Crippen LogP contribution is -2.47. The number of nitrogens with one attached hydrogen (secondary N) is 2. The van der Waals surface area contributed by atoms with Crippen LogP contribution in [0.3, 0.4) is 0 Å². The van der Waals surface area contributed by atoms with Gasteiger partial charge in [-0.3, -0.25) is 4.98 Å². The molecule has 0 radical (unpaired) electrons. The van der Waals surface area contributed by atoms with Crippen molar-refractivity contribution in [3.63, 3.8) is 0 Å². The van der Waals surface area contributed by atoms with E-state index in [-0.39, 0.29) is 42.4 Å². The molecule has 2 fully saturated rings. The Bertz CT molecular complexity index is 528. The van der Waals surface area contributed by atoms with Gasteiger partial charge in [-0.15, -0.1) is 24.0 Å². The van der Waals surface area contributed by atoms with Crippen molar-refractivity contribution in [3.8, 4) is 0 Å². The van der Waals surface area contributed by atoms with Crippen LogP contribution < -0.4 is 10.6 Å². The zero-order chi connectivity index (χ0) is 14.7. The Morgan fingerprint density at radius 2 is 2.36 bits per heavy atom. The van der Waals surface area contributed by atoms with E-state index in [4.69, 9.17) is 4.74 Å². The molecule has 2 aliphatic rings. The SMILES string of the molecule is CCNC(=NCc1ncccc1F)NC1CC2CCC1O2.I. The summed E-state index contributed by atoms with van der Waals surface area (Å²) in [6.07, 6.45) is 5.55. The van der Waals surface area contributed by atoms with Crippen LogP contribution in [0.15, 0.2) is 23.3 Å². The number of rotatable bonds is 4. The first kappa shape index (κ1) is 17.4. The molecule has 7 heteroatoms. The summed E-state index contributed by atoms with van der Waals surface area (Å²) in [6.45, 7) is 3.00. The third kappa shape index (κ3) is 4.07. The number of aromatic nitrogens is 1. The van der Waals surface area contributed by atoms with E-state index >= 15 is 0 Å². The Labute approximate surface area is 147 Å². The molecule has 1 aromatic heterocycles. The van der Waals surface area contributed by atoms with E-state index in [1.807, 2.05) is 6.92 Å². The summed E-state index contributed by atoms with van der Waals surface area (Å²) in [5, 5.41) is 6.59. The standard InChI is InChI=1S/C15H21FN4O.HI/c1-2-17-15(19-9-13-11(16)4-3-7-18-13)20-12-8-10-5-6-14(12)21-10;/h3-4,7,10,12,14H,2,5-6,8-9H2,1H3,(H2,17,19,20);1H. The van der Waals surface area contributed by atoms with Crippen LogP contribution in [0, 0.1) is 5.82 Å². The van der Waals surface area contributed by atoms with Gasteiger partial charge < -0.3 is 15.4 Å². The molecule has 0 aliphatic carbocycles. The lowest BCUT2D eigenvalue weighted by Gasteiger charge is -2.22. The van der Waals surface area contributed by atoms with Crippen molar-refractivity contribution in [2.75, 3.05) is 6.54 Å². The molecule has 3 heterocycles. The minimum Gasteiger partial charge on any atom is -0.373 e. The maximum Gasteiger partial charge on any atom is 0.191 e. The van der Waals surface area contributed by atoms with E-state index in [9.17, 15) is 4.39 Å². The number of pyridine rings is 1. The highest BCUT2D eigenvalue weighted by atomic mass is 127. The number of guanidine groups is 1. The van der Waals surface area contributed by atoms with Crippen molar-refractivity contribution < 1.29 is 9.13 Å². The third-order valence-electron chi connectivity index (χ3n) is 3.99. The number of hydrogen-bond donors (Lipinski definition) is 2. The molecule has 3 atom stereocenters. The van der Waals surface area contributed by atoms with Crippen molar-refractivity contribution in [3.05, 3.63) is 29.8 Å². The summed E-state index contributed by atoms with van der Waals surface area (Å²) >= 11 is 0. The highest BCUT2D eigenvalue weighted by Gasteiger charge is 2.41. The first-order chi connectivity index (χ1) is 10.3. The highest BCUT2D eigenvalue weighted by molar-refractivity contribution is 14.0. The fourth-order valence-electron chi connectivity index (χ4n) is 2.97.